The lowest BCUT2D eigenvalue weighted by atomic mass is 9.96. The highest BCUT2D eigenvalue weighted by Gasteiger charge is 2.41. The van der Waals surface area contributed by atoms with Gasteiger partial charge in [0.05, 0.1) is 33.1 Å². The van der Waals surface area contributed by atoms with Crippen LogP contribution in [0, 0.1) is 0 Å². The topological polar surface area (TPSA) is 52.5 Å². The first-order chi connectivity index (χ1) is 15.2. The monoisotopic (exact) mass is 416 g/mol. The summed E-state index contributed by atoms with van der Waals surface area (Å²) in [6.07, 6.45) is 0.389. The van der Waals surface area contributed by atoms with Crippen molar-refractivity contribution in [2.24, 2.45) is 5.10 Å². The van der Waals surface area contributed by atoms with E-state index >= 15 is 0 Å². The Hall–Kier alpha value is -3.67. The second kappa shape index (κ2) is 7.87. The van der Waals surface area contributed by atoms with Gasteiger partial charge in [0, 0.05) is 17.5 Å². The third-order valence-corrected chi connectivity index (χ3v) is 5.78. The van der Waals surface area contributed by atoms with Crippen molar-refractivity contribution < 1.29 is 18.9 Å². The Labute approximate surface area is 181 Å². The predicted molar refractivity (Wildman–Crippen MR) is 118 cm³/mol. The first-order valence-electron chi connectivity index (χ1n) is 10.2. The van der Waals surface area contributed by atoms with Crippen LogP contribution in [0.5, 0.6) is 23.0 Å². The lowest BCUT2D eigenvalue weighted by molar-refractivity contribution is -0.0192. The van der Waals surface area contributed by atoms with Crippen LogP contribution >= 0.6 is 0 Å². The van der Waals surface area contributed by atoms with Gasteiger partial charge in [0.2, 0.25) is 12.0 Å². The number of benzene rings is 3. The van der Waals surface area contributed by atoms with Crippen LogP contribution in [0.1, 0.15) is 35.4 Å². The zero-order valence-electron chi connectivity index (χ0n) is 17.7. The minimum Gasteiger partial charge on any atom is -0.493 e. The molecule has 0 saturated carbocycles. The number of hydrazone groups is 1. The van der Waals surface area contributed by atoms with Crippen molar-refractivity contribution in [3.05, 3.63) is 83.4 Å². The van der Waals surface area contributed by atoms with E-state index in [0.717, 1.165) is 34.6 Å². The number of ether oxygens (including phenoxy) is 4. The van der Waals surface area contributed by atoms with Gasteiger partial charge in [0.25, 0.3) is 0 Å². The van der Waals surface area contributed by atoms with Crippen LogP contribution in [0.15, 0.2) is 71.8 Å². The highest BCUT2D eigenvalue weighted by molar-refractivity contribution is 6.01. The fourth-order valence-electron chi connectivity index (χ4n) is 4.30. The Morgan fingerprint density at radius 1 is 0.871 bits per heavy atom. The largest absolute Gasteiger partial charge is 0.493 e. The maximum Gasteiger partial charge on any atom is 0.214 e. The molecular formula is C25H24N2O4. The van der Waals surface area contributed by atoms with E-state index in [0.29, 0.717) is 17.2 Å². The van der Waals surface area contributed by atoms with E-state index in [2.05, 4.69) is 18.2 Å². The van der Waals surface area contributed by atoms with Crippen LogP contribution in [0.4, 0.5) is 0 Å². The minimum absolute atomic E-state index is 0.0873. The summed E-state index contributed by atoms with van der Waals surface area (Å²) in [4.78, 5) is 0. The van der Waals surface area contributed by atoms with E-state index < -0.39 is 6.23 Å². The van der Waals surface area contributed by atoms with Crippen molar-refractivity contribution >= 4 is 5.71 Å². The minimum atomic E-state index is -0.421. The summed E-state index contributed by atoms with van der Waals surface area (Å²) in [6, 6.07) is 22.4. The summed E-state index contributed by atoms with van der Waals surface area (Å²) in [7, 11) is 4.82. The van der Waals surface area contributed by atoms with Gasteiger partial charge < -0.3 is 18.9 Å². The summed E-state index contributed by atoms with van der Waals surface area (Å²) < 4.78 is 23.1. The van der Waals surface area contributed by atoms with Crippen molar-refractivity contribution in [1.29, 1.82) is 0 Å². The molecule has 31 heavy (non-hydrogen) atoms. The maximum atomic E-state index is 6.46. The second-order valence-corrected chi connectivity index (χ2v) is 7.48. The first kappa shape index (κ1) is 19.3. The molecule has 0 N–H and O–H groups in total. The van der Waals surface area contributed by atoms with E-state index in [1.54, 1.807) is 21.3 Å². The number of para-hydroxylation sites is 1. The van der Waals surface area contributed by atoms with Gasteiger partial charge in [-0.15, -0.1) is 0 Å². The van der Waals surface area contributed by atoms with Crippen LogP contribution in [-0.4, -0.2) is 32.0 Å². The average Bonchev–Trinajstić information content (AvgIpc) is 3.29. The van der Waals surface area contributed by atoms with Crippen LogP contribution in [0.2, 0.25) is 0 Å². The van der Waals surface area contributed by atoms with Gasteiger partial charge in [-0.05, 0) is 23.8 Å². The normalized spacial score (nSPS) is 19.1. The molecule has 0 aliphatic carbocycles. The van der Waals surface area contributed by atoms with Gasteiger partial charge in [-0.3, -0.25) is 0 Å². The van der Waals surface area contributed by atoms with Crippen molar-refractivity contribution in [1.82, 2.24) is 5.01 Å². The molecule has 3 aromatic carbocycles. The smallest absolute Gasteiger partial charge is 0.214 e. The molecule has 0 saturated heterocycles. The summed E-state index contributed by atoms with van der Waals surface area (Å²) in [5.74, 6) is 2.59. The lowest BCUT2D eigenvalue weighted by Gasteiger charge is -2.38. The Kier molecular flexibility index (Phi) is 4.90. The van der Waals surface area contributed by atoms with Gasteiger partial charge >= 0.3 is 0 Å². The fourth-order valence-corrected chi connectivity index (χ4v) is 4.30. The number of methoxy groups -OCH3 is 3. The molecule has 2 aliphatic rings. The molecule has 2 atom stereocenters. The average molecular weight is 416 g/mol. The molecular weight excluding hydrogens is 392 g/mol. The zero-order chi connectivity index (χ0) is 21.4. The number of hydrogen-bond donors (Lipinski definition) is 0. The Bertz CT molecular complexity index is 1100. The van der Waals surface area contributed by atoms with Crippen LogP contribution in [0.3, 0.4) is 0 Å². The molecule has 0 spiro atoms. The molecule has 0 unspecified atom stereocenters. The zero-order valence-corrected chi connectivity index (χ0v) is 17.7. The lowest BCUT2D eigenvalue weighted by Crippen LogP contribution is -2.33. The quantitative estimate of drug-likeness (QED) is 0.589. The van der Waals surface area contributed by atoms with Crippen molar-refractivity contribution in [3.8, 4) is 23.0 Å². The third kappa shape index (κ3) is 3.24. The standard InChI is InChI=1S/C25H24N2O4/c1-28-22-13-17(14-23(29-2)24(22)30-3)25-27-20(18-11-7-8-12-21(18)31-25)15-19(26-27)16-9-5-4-6-10-16/h4-14,20,25H,15H2,1-3H3/t20-,25-/m0/s1. The van der Waals surface area contributed by atoms with Gasteiger partial charge in [0.15, 0.2) is 11.5 Å². The van der Waals surface area contributed by atoms with E-state index in [1.165, 1.54) is 0 Å². The van der Waals surface area contributed by atoms with Gasteiger partial charge in [0.1, 0.15) is 5.75 Å². The molecule has 158 valence electrons. The van der Waals surface area contributed by atoms with E-state index in [4.69, 9.17) is 24.0 Å². The molecule has 0 amide bonds. The van der Waals surface area contributed by atoms with Crippen LogP contribution < -0.4 is 18.9 Å². The highest BCUT2D eigenvalue weighted by Crippen LogP contribution is 2.49. The van der Waals surface area contributed by atoms with Gasteiger partial charge in [-0.1, -0.05) is 48.5 Å². The Morgan fingerprint density at radius 2 is 1.55 bits per heavy atom. The van der Waals surface area contributed by atoms with E-state index in [9.17, 15) is 0 Å². The number of nitrogens with zero attached hydrogens (tertiary/aromatic N) is 2. The molecule has 0 bridgehead atoms. The third-order valence-electron chi connectivity index (χ3n) is 5.78. The molecule has 0 fully saturated rings. The SMILES string of the molecule is COc1cc([C@@H]2Oc3ccccc3[C@@H]3CC(c4ccccc4)=NN32)cc(OC)c1OC. The molecule has 2 heterocycles. The maximum absolute atomic E-state index is 6.46. The number of rotatable bonds is 5. The molecule has 2 aliphatic heterocycles. The highest BCUT2D eigenvalue weighted by atomic mass is 16.5. The van der Waals surface area contributed by atoms with E-state index in [1.807, 2.05) is 53.5 Å². The summed E-state index contributed by atoms with van der Waals surface area (Å²) in [5, 5.41) is 7.05. The van der Waals surface area contributed by atoms with Gasteiger partial charge in [-0.25, -0.2) is 5.01 Å². The van der Waals surface area contributed by atoms with Crippen LogP contribution in [0.25, 0.3) is 0 Å². The molecule has 6 nitrogen and oxygen atoms in total. The fraction of sp³-hybridized carbons (Fsp3) is 0.240. The first-order valence-corrected chi connectivity index (χ1v) is 10.2. The molecule has 0 radical (unpaired) electrons. The van der Waals surface area contributed by atoms with Crippen LogP contribution in [-0.2, 0) is 0 Å². The van der Waals surface area contributed by atoms with Gasteiger partial charge in [-0.2, -0.15) is 5.10 Å². The summed E-state index contributed by atoms with van der Waals surface area (Å²) >= 11 is 0. The Balaban J connectivity index is 1.62. The Morgan fingerprint density at radius 3 is 2.23 bits per heavy atom. The predicted octanol–water partition coefficient (Wildman–Crippen LogP) is 4.95. The second-order valence-electron chi connectivity index (χ2n) is 7.48. The molecule has 5 rings (SSSR count). The van der Waals surface area contributed by atoms with Crippen molar-refractivity contribution in [3.63, 3.8) is 0 Å². The summed E-state index contributed by atoms with van der Waals surface area (Å²) in [6.45, 7) is 0. The van der Waals surface area contributed by atoms with Crippen molar-refractivity contribution in [2.45, 2.75) is 18.7 Å². The summed E-state index contributed by atoms with van der Waals surface area (Å²) in [5.41, 5.74) is 4.19. The number of hydrogen-bond acceptors (Lipinski definition) is 6. The molecule has 6 heteroatoms. The molecule has 0 aromatic heterocycles. The molecule has 3 aromatic rings. The van der Waals surface area contributed by atoms with E-state index in [-0.39, 0.29) is 6.04 Å². The van der Waals surface area contributed by atoms with Crippen molar-refractivity contribution in [2.75, 3.05) is 21.3 Å². The number of fused-ring (bicyclic) bond motifs is 3.